The molecular formula is C18H22N4O. The van der Waals surface area contributed by atoms with E-state index in [4.69, 9.17) is 5.10 Å². The highest BCUT2D eigenvalue weighted by Gasteiger charge is 2.24. The minimum Gasteiger partial charge on any atom is -0.355 e. The molecule has 120 valence electrons. The molecule has 5 heteroatoms. The van der Waals surface area contributed by atoms with Gasteiger partial charge >= 0.3 is 0 Å². The Morgan fingerprint density at radius 1 is 1.09 bits per heavy atom. The van der Waals surface area contributed by atoms with Crippen molar-refractivity contribution < 1.29 is 4.79 Å². The molecule has 1 fully saturated rings. The van der Waals surface area contributed by atoms with Crippen LogP contribution in [0.1, 0.15) is 29.8 Å². The molecule has 0 saturated carbocycles. The number of amides is 1. The molecule has 0 bridgehead atoms. The number of nitrogens with one attached hydrogen (secondary N) is 1. The van der Waals surface area contributed by atoms with E-state index in [1.165, 1.54) is 23.4 Å². The van der Waals surface area contributed by atoms with Gasteiger partial charge in [0.2, 0.25) is 5.91 Å². The van der Waals surface area contributed by atoms with Crippen LogP contribution in [0.25, 0.3) is 5.69 Å². The first-order chi connectivity index (χ1) is 11.3. The van der Waals surface area contributed by atoms with Crippen LogP contribution in [0.5, 0.6) is 0 Å². The van der Waals surface area contributed by atoms with Gasteiger partial charge in [0, 0.05) is 38.3 Å². The third-order valence-electron chi connectivity index (χ3n) is 4.79. The summed E-state index contributed by atoms with van der Waals surface area (Å²) in [5.74, 6) is 0.160. The van der Waals surface area contributed by atoms with Gasteiger partial charge in [-0.1, -0.05) is 18.2 Å². The summed E-state index contributed by atoms with van der Waals surface area (Å²) in [6, 6.07) is 10.4. The van der Waals surface area contributed by atoms with Gasteiger partial charge in [-0.2, -0.15) is 5.10 Å². The number of hydrogen-bond acceptors (Lipinski definition) is 3. The maximum absolute atomic E-state index is 11.5. The molecule has 0 spiro atoms. The third-order valence-corrected chi connectivity index (χ3v) is 4.79. The zero-order chi connectivity index (χ0) is 15.6. The zero-order valence-electron chi connectivity index (χ0n) is 13.3. The van der Waals surface area contributed by atoms with E-state index in [9.17, 15) is 4.79 Å². The highest BCUT2D eigenvalue weighted by Crippen LogP contribution is 2.28. The summed E-state index contributed by atoms with van der Waals surface area (Å²) < 4.78 is 2.12. The van der Waals surface area contributed by atoms with Gasteiger partial charge < -0.3 is 5.32 Å². The lowest BCUT2D eigenvalue weighted by molar-refractivity contribution is -0.120. The SMILES string of the molecule is O=C1CCN(Cc2nn(-c3ccccc3)c3c2CCC3)CCN1. The Labute approximate surface area is 136 Å². The number of benzene rings is 1. The van der Waals surface area contributed by atoms with Crippen LogP contribution in [0.2, 0.25) is 0 Å². The smallest absolute Gasteiger partial charge is 0.221 e. The minimum atomic E-state index is 0.160. The van der Waals surface area contributed by atoms with Crippen LogP contribution in [0.3, 0.4) is 0 Å². The fraction of sp³-hybridized carbons (Fsp3) is 0.444. The van der Waals surface area contributed by atoms with Crippen molar-refractivity contribution in [1.82, 2.24) is 20.0 Å². The molecule has 1 aromatic heterocycles. The Balaban J connectivity index is 1.61. The van der Waals surface area contributed by atoms with Crippen LogP contribution in [0.4, 0.5) is 0 Å². The quantitative estimate of drug-likeness (QED) is 0.938. The highest BCUT2D eigenvalue weighted by molar-refractivity contribution is 5.76. The van der Waals surface area contributed by atoms with Gasteiger partial charge in [-0.3, -0.25) is 9.69 Å². The maximum Gasteiger partial charge on any atom is 0.221 e. The van der Waals surface area contributed by atoms with Gasteiger partial charge in [0.15, 0.2) is 0 Å². The molecule has 2 aromatic rings. The van der Waals surface area contributed by atoms with E-state index in [2.05, 4.69) is 39.2 Å². The zero-order valence-corrected chi connectivity index (χ0v) is 13.3. The summed E-state index contributed by atoms with van der Waals surface area (Å²) in [6.45, 7) is 3.30. The van der Waals surface area contributed by atoms with Crippen molar-refractivity contribution in [3.63, 3.8) is 0 Å². The van der Waals surface area contributed by atoms with Crippen molar-refractivity contribution in [2.45, 2.75) is 32.2 Å². The number of para-hydroxylation sites is 1. The van der Waals surface area contributed by atoms with Crippen molar-refractivity contribution >= 4 is 5.91 Å². The number of hydrogen-bond donors (Lipinski definition) is 1. The van der Waals surface area contributed by atoms with Crippen molar-refractivity contribution in [2.24, 2.45) is 0 Å². The first kappa shape index (κ1) is 14.5. The molecular weight excluding hydrogens is 288 g/mol. The van der Waals surface area contributed by atoms with E-state index in [0.717, 1.165) is 44.7 Å². The van der Waals surface area contributed by atoms with E-state index < -0.39 is 0 Å². The Morgan fingerprint density at radius 2 is 1.96 bits per heavy atom. The van der Waals surface area contributed by atoms with Gasteiger partial charge in [0.1, 0.15) is 0 Å². The van der Waals surface area contributed by atoms with E-state index >= 15 is 0 Å². The lowest BCUT2D eigenvalue weighted by Gasteiger charge is -2.18. The summed E-state index contributed by atoms with van der Waals surface area (Å²) in [5, 5.41) is 7.85. The number of aromatic nitrogens is 2. The molecule has 1 aromatic carbocycles. The number of carbonyl (C=O) groups is 1. The van der Waals surface area contributed by atoms with E-state index in [1.54, 1.807) is 0 Å². The maximum atomic E-state index is 11.5. The molecule has 0 atom stereocenters. The molecule has 1 aliphatic carbocycles. The average Bonchev–Trinajstić information content (AvgIpc) is 3.11. The second kappa shape index (κ2) is 6.16. The number of carbonyl (C=O) groups excluding carboxylic acids is 1. The monoisotopic (exact) mass is 310 g/mol. The Bertz CT molecular complexity index is 707. The van der Waals surface area contributed by atoms with Crippen LogP contribution in [0, 0.1) is 0 Å². The minimum absolute atomic E-state index is 0.160. The first-order valence-corrected chi connectivity index (χ1v) is 8.45. The fourth-order valence-corrected chi connectivity index (χ4v) is 3.61. The van der Waals surface area contributed by atoms with Gasteiger partial charge in [-0.25, -0.2) is 4.68 Å². The predicted molar refractivity (Wildman–Crippen MR) is 88.5 cm³/mol. The van der Waals surface area contributed by atoms with Crippen molar-refractivity contribution in [3.8, 4) is 5.69 Å². The molecule has 1 aliphatic heterocycles. The summed E-state index contributed by atoms with van der Waals surface area (Å²) in [7, 11) is 0. The summed E-state index contributed by atoms with van der Waals surface area (Å²) >= 11 is 0. The van der Waals surface area contributed by atoms with Gasteiger partial charge in [0.25, 0.3) is 0 Å². The molecule has 23 heavy (non-hydrogen) atoms. The topological polar surface area (TPSA) is 50.2 Å². The number of fused-ring (bicyclic) bond motifs is 1. The highest BCUT2D eigenvalue weighted by atomic mass is 16.1. The average molecular weight is 310 g/mol. The lowest BCUT2D eigenvalue weighted by atomic mass is 10.2. The molecule has 1 N–H and O–H groups in total. The van der Waals surface area contributed by atoms with Crippen molar-refractivity contribution in [2.75, 3.05) is 19.6 Å². The summed E-state index contributed by atoms with van der Waals surface area (Å²) in [5.41, 5.74) is 5.13. The Kier molecular flexibility index (Phi) is 3.87. The molecule has 4 rings (SSSR count). The van der Waals surface area contributed by atoms with Crippen molar-refractivity contribution in [1.29, 1.82) is 0 Å². The number of nitrogens with zero attached hydrogens (tertiary/aromatic N) is 3. The molecule has 1 saturated heterocycles. The molecule has 5 nitrogen and oxygen atoms in total. The Morgan fingerprint density at radius 3 is 2.83 bits per heavy atom. The second-order valence-corrected chi connectivity index (χ2v) is 6.35. The van der Waals surface area contributed by atoms with Crippen LogP contribution in [-0.4, -0.2) is 40.2 Å². The molecule has 1 amide bonds. The standard InChI is InChI=1S/C18H22N4O/c23-18-9-11-21(12-10-19-18)13-16-15-7-4-8-17(15)22(20-16)14-5-2-1-3-6-14/h1-3,5-6H,4,7-13H2,(H,19,23). The molecule has 0 radical (unpaired) electrons. The van der Waals surface area contributed by atoms with Gasteiger partial charge in [0.05, 0.1) is 11.4 Å². The molecule has 2 aliphatic rings. The van der Waals surface area contributed by atoms with E-state index in [-0.39, 0.29) is 5.91 Å². The van der Waals surface area contributed by atoms with Crippen LogP contribution in [0.15, 0.2) is 30.3 Å². The summed E-state index contributed by atoms with van der Waals surface area (Å²) in [4.78, 5) is 13.8. The van der Waals surface area contributed by atoms with Crippen LogP contribution >= 0.6 is 0 Å². The second-order valence-electron chi connectivity index (χ2n) is 6.35. The lowest BCUT2D eigenvalue weighted by Crippen LogP contribution is -2.28. The predicted octanol–water partition coefficient (Wildman–Crippen LogP) is 1.68. The van der Waals surface area contributed by atoms with E-state index in [0.29, 0.717) is 6.42 Å². The number of rotatable bonds is 3. The molecule has 2 heterocycles. The third kappa shape index (κ3) is 2.88. The Hall–Kier alpha value is -2.14. The molecule has 0 unspecified atom stereocenters. The van der Waals surface area contributed by atoms with Crippen LogP contribution in [-0.2, 0) is 24.2 Å². The summed E-state index contributed by atoms with van der Waals surface area (Å²) in [6.07, 6.45) is 4.04. The van der Waals surface area contributed by atoms with Crippen LogP contribution < -0.4 is 5.32 Å². The van der Waals surface area contributed by atoms with Gasteiger partial charge in [-0.05, 0) is 37.0 Å². The normalized spacial score (nSPS) is 18.5. The largest absolute Gasteiger partial charge is 0.355 e. The first-order valence-electron chi connectivity index (χ1n) is 8.45. The van der Waals surface area contributed by atoms with Gasteiger partial charge in [-0.15, -0.1) is 0 Å². The van der Waals surface area contributed by atoms with Crippen molar-refractivity contribution in [3.05, 3.63) is 47.3 Å². The van der Waals surface area contributed by atoms with E-state index in [1.807, 2.05) is 6.07 Å². The fourth-order valence-electron chi connectivity index (χ4n) is 3.61.